The van der Waals surface area contributed by atoms with Crippen molar-refractivity contribution in [2.45, 2.75) is 46.1 Å². The zero-order valence-electron chi connectivity index (χ0n) is 14.4. The number of aryl methyl sites for hydroxylation is 2. The van der Waals surface area contributed by atoms with E-state index < -0.39 is 6.10 Å². The lowest BCUT2D eigenvalue weighted by Gasteiger charge is -2.20. The van der Waals surface area contributed by atoms with E-state index in [1.807, 2.05) is 31.2 Å². The maximum Gasteiger partial charge on any atom is 0.265 e. The van der Waals surface area contributed by atoms with Gasteiger partial charge in [0.25, 0.3) is 5.91 Å². The van der Waals surface area contributed by atoms with Crippen LogP contribution in [0, 0.1) is 0 Å². The number of carbonyl (C=O) groups is 1. The summed E-state index contributed by atoms with van der Waals surface area (Å²) in [6, 6.07) is 13.2. The molecule has 1 atom stereocenters. The summed E-state index contributed by atoms with van der Waals surface area (Å²) < 4.78 is 5.83. The minimum absolute atomic E-state index is 0.131. The van der Waals surface area contributed by atoms with Crippen molar-refractivity contribution in [1.29, 1.82) is 0 Å². The predicted molar refractivity (Wildman–Crippen MR) is 100.0 cm³/mol. The molecule has 24 heavy (non-hydrogen) atoms. The molecule has 0 aliphatic rings. The van der Waals surface area contributed by atoms with E-state index >= 15 is 0 Å². The third-order valence-corrected chi connectivity index (χ3v) is 4.22. The van der Waals surface area contributed by atoms with Crippen LogP contribution in [0.2, 0.25) is 5.02 Å². The Morgan fingerprint density at radius 3 is 2.25 bits per heavy atom. The molecule has 2 rings (SSSR count). The molecule has 2 aromatic carbocycles. The Labute approximate surface area is 149 Å². The minimum Gasteiger partial charge on any atom is -0.481 e. The van der Waals surface area contributed by atoms with Crippen LogP contribution in [0.1, 0.15) is 38.3 Å². The summed E-state index contributed by atoms with van der Waals surface area (Å²) in [5.41, 5.74) is 3.20. The third kappa shape index (κ3) is 4.51. The van der Waals surface area contributed by atoms with Crippen molar-refractivity contribution >= 4 is 23.2 Å². The number of para-hydroxylation sites is 1. The number of rotatable bonds is 7. The number of ether oxygens (including phenoxy) is 1. The first-order chi connectivity index (χ1) is 11.6. The van der Waals surface area contributed by atoms with Crippen molar-refractivity contribution in [3.63, 3.8) is 0 Å². The van der Waals surface area contributed by atoms with Crippen LogP contribution >= 0.6 is 11.6 Å². The number of amides is 1. The molecular formula is C20H24ClNO2. The van der Waals surface area contributed by atoms with Gasteiger partial charge in [-0.15, -0.1) is 0 Å². The summed E-state index contributed by atoms with van der Waals surface area (Å²) >= 11 is 5.98. The molecule has 128 valence electrons. The smallest absolute Gasteiger partial charge is 0.265 e. The largest absolute Gasteiger partial charge is 0.481 e. The van der Waals surface area contributed by atoms with Crippen LogP contribution in [-0.4, -0.2) is 12.0 Å². The molecule has 1 N–H and O–H groups in total. The van der Waals surface area contributed by atoms with Gasteiger partial charge < -0.3 is 10.1 Å². The average Bonchev–Trinajstić information content (AvgIpc) is 2.59. The number of anilines is 1. The normalized spacial score (nSPS) is 11.8. The maximum atomic E-state index is 12.7. The van der Waals surface area contributed by atoms with Gasteiger partial charge >= 0.3 is 0 Å². The Morgan fingerprint density at radius 1 is 1.08 bits per heavy atom. The van der Waals surface area contributed by atoms with Gasteiger partial charge in [-0.3, -0.25) is 4.79 Å². The van der Waals surface area contributed by atoms with Gasteiger partial charge in [-0.2, -0.15) is 0 Å². The molecule has 0 aliphatic heterocycles. The zero-order valence-corrected chi connectivity index (χ0v) is 15.2. The van der Waals surface area contributed by atoms with Crippen molar-refractivity contribution in [1.82, 2.24) is 0 Å². The molecule has 1 unspecified atom stereocenters. The highest BCUT2D eigenvalue weighted by Gasteiger charge is 2.20. The Bertz CT molecular complexity index is 678. The fraction of sp³-hybridized carbons (Fsp3) is 0.350. The number of carbonyl (C=O) groups excluding carboxylic acids is 1. The summed E-state index contributed by atoms with van der Waals surface area (Å²) in [4.78, 5) is 12.7. The summed E-state index contributed by atoms with van der Waals surface area (Å²) in [5, 5.41) is 3.66. The number of hydrogen-bond acceptors (Lipinski definition) is 2. The average molecular weight is 346 g/mol. The Kier molecular flexibility index (Phi) is 6.68. The summed E-state index contributed by atoms with van der Waals surface area (Å²) in [6.07, 6.45) is 1.76. The highest BCUT2D eigenvalue weighted by Crippen LogP contribution is 2.24. The molecule has 0 radical (unpaired) electrons. The van der Waals surface area contributed by atoms with Gasteiger partial charge in [0, 0.05) is 10.7 Å². The third-order valence-electron chi connectivity index (χ3n) is 3.98. The Morgan fingerprint density at radius 2 is 1.71 bits per heavy atom. The van der Waals surface area contributed by atoms with E-state index in [0.717, 1.165) is 29.7 Å². The second kappa shape index (κ2) is 8.74. The fourth-order valence-corrected chi connectivity index (χ4v) is 2.81. The van der Waals surface area contributed by atoms with Crippen molar-refractivity contribution in [2.24, 2.45) is 0 Å². The molecule has 0 saturated carbocycles. The molecule has 3 nitrogen and oxygen atoms in total. The van der Waals surface area contributed by atoms with E-state index in [4.69, 9.17) is 16.3 Å². The second-order valence-electron chi connectivity index (χ2n) is 5.62. The first kappa shape index (κ1) is 18.3. The Hall–Kier alpha value is -2.00. The van der Waals surface area contributed by atoms with E-state index in [9.17, 15) is 4.79 Å². The van der Waals surface area contributed by atoms with E-state index in [1.54, 1.807) is 18.2 Å². The number of hydrogen-bond donors (Lipinski definition) is 1. The molecule has 0 fully saturated rings. The van der Waals surface area contributed by atoms with Crippen molar-refractivity contribution in [2.75, 3.05) is 5.32 Å². The van der Waals surface area contributed by atoms with E-state index in [1.165, 1.54) is 0 Å². The van der Waals surface area contributed by atoms with E-state index in [2.05, 4.69) is 19.2 Å². The topological polar surface area (TPSA) is 38.3 Å². The molecule has 0 heterocycles. The van der Waals surface area contributed by atoms with Gasteiger partial charge in [0.2, 0.25) is 0 Å². The second-order valence-corrected chi connectivity index (χ2v) is 6.06. The lowest BCUT2D eigenvalue weighted by molar-refractivity contribution is -0.122. The SMILES string of the molecule is CCc1cccc(CC)c1NC(=O)C(CC)Oc1cccc(Cl)c1. The highest BCUT2D eigenvalue weighted by atomic mass is 35.5. The maximum absolute atomic E-state index is 12.7. The van der Waals surface area contributed by atoms with Crippen molar-refractivity contribution in [3.05, 3.63) is 58.6 Å². The van der Waals surface area contributed by atoms with Crippen molar-refractivity contribution < 1.29 is 9.53 Å². The lowest BCUT2D eigenvalue weighted by atomic mass is 10.0. The van der Waals surface area contributed by atoms with Gasteiger partial charge in [0.1, 0.15) is 5.75 Å². The van der Waals surface area contributed by atoms with Crippen LogP contribution in [-0.2, 0) is 17.6 Å². The van der Waals surface area contributed by atoms with Gasteiger partial charge in [-0.05, 0) is 48.6 Å². The molecule has 0 spiro atoms. The zero-order chi connectivity index (χ0) is 17.5. The van der Waals surface area contributed by atoms with Gasteiger partial charge in [-0.1, -0.05) is 56.6 Å². The van der Waals surface area contributed by atoms with E-state index in [-0.39, 0.29) is 5.91 Å². The van der Waals surface area contributed by atoms with Gasteiger partial charge in [0.05, 0.1) is 0 Å². The highest BCUT2D eigenvalue weighted by molar-refractivity contribution is 6.30. The van der Waals surface area contributed by atoms with Gasteiger partial charge in [0.15, 0.2) is 6.10 Å². The standard InChI is InChI=1S/C20H24ClNO2/c1-4-14-9-7-10-15(5-2)19(14)22-20(23)18(6-3)24-17-12-8-11-16(21)13-17/h7-13,18H,4-6H2,1-3H3,(H,22,23). The van der Waals surface area contributed by atoms with Crippen LogP contribution < -0.4 is 10.1 Å². The monoisotopic (exact) mass is 345 g/mol. The minimum atomic E-state index is -0.557. The molecule has 0 aromatic heterocycles. The van der Waals surface area contributed by atoms with E-state index in [0.29, 0.717) is 17.2 Å². The first-order valence-corrected chi connectivity index (χ1v) is 8.80. The van der Waals surface area contributed by atoms with Crippen LogP contribution in [0.5, 0.6) is 5.75 Å². The summed E-state index contributed by atoms with van der Waals surface area (Å²) in [7, 11) is 0. The van der Waals surface area contributed by atoms with Crippen LogP contribution in [0.25, 0.3) is 0 Å². The number of benzene rings is 2. The molecule has 2 aromatic rings. The Balaban J connectivity index is 2.18. The van der Waals surface area contributed by atoms with Gasteiger partial charge in [-0.25, -0.2) is 0 Å². The number of nitrogens with one attached hydrogen (secondary N) is 1. The number of halogens is 1. The van der Waals surface area contributed by atoms with Crippen LogP contribution in [0.15, 0.2) is 42.5 Å². The van der Waals surface area contributed by atoms with Crippen LogP contribution in [0.3, 0.4) is 0 Å². The first-order valence-electron chi connectivity index (χ1n) is 8.42. The lowest BCUT2D eigenvalue weighted by Crippen LogP contribution is -2.33. The molecule has 0 bridgehead atoms. The fourth-order valence-electron chi connectivity index (χ4n) is 2.63. The summed E-state index contributed by atoms with van der Waals surface area (Å²) in [6.45, 7) is 6.11. The predicted octanol–water partition coefficient (Wildman–Crippen LogP) is 5.26. The molecule has 0 saturated heterocycles. The van der Waals surface area contributed by atoms with Crippen LogP contribution in [0.4, 0.5) is 5.69 Å². The molecule has 4 heteroatoms. The quantitative estimate of drug-likeness (QED) is 0.743. The van der Waals surface area contributed by atoms with Crippen molar-refractivity contribution in [3.8, 4) is 5.75 Å². The molecular weight excluding hydrogens is 322 g/mol. The summed E-state index contributed by atoms with van der Waals surface area (Å²) in [5.74, 6) is 0.470. The molecule has 0 aliphatic carbocycles. The molecule has 1 amide bonds.